The Morgan fingerprint density at radius 3 is 2.39 bits per heavy atom. The van der Waals surface area contributed by atoms with Crippen molar-refractivity contribution in [1.82, 2.24) is 4.90 Å². The van der Waals surface area contributed by atoms with Crippen LogP contribution in [0.4, 0.5) is 5.69 Å². The van der Waals surface area contributed by atoms with E-state index in [1.165, 1.54) is 4.90 Å². The van der Waals surface area contributed by atoms with Crippen LogP contribution in [0.15, 0.2) is 23.0 Å². The van der Waals surface area contributed by atoms with Gasteiger partial charge in [0.15, 0.2) is 11.4 Å². The molecule has 0 aliphatic heterocycles. The monoisotopic (exact) mass is 523 g/mol. The molecule has 0 spiro atoms. The fourth-order valence-electron chi connectivity index (χ4n) is 6.07. The molecular formula is C28H33N3O7. The van der Waals surface area contributed by atoms with Crippen LogP contribution in [0.2, 0.25) is 0 Å². The summed E-state index contributed by atoms with van der Waals surface area (Å²) in [5.74, 6) is -0.846. The van der Waals surface area contributed by atoms with Crippen LogP contribution in [-0.2, 0) is 20.8 Å². The maximum atomic E-state index is 14.0. The number of phenolic OH excluding ortho intramolecular Hbond substituents is 1. The molecule has 4 rings (SSSR count). The number of anilines is 1. The number of Topliss-reactive ketones (excluding diaryl/α,β-unsaturated/α-hetero) is 2. The number of aliphatic hydroxyl groups is 3. The summed E-state index contributed by atoms with van der Waals surface area (Å²) >= 11 is 0. The lowest BCUT2D eigenvalue weighted by Crippen LogP contribution is -2.65. The largest absolute Gasteiger partial charge is 0.508 e. The number of carbonyl (C=O) groups is 3. The number of likely N-dealkylation sites (N-methyl/N-ethyl adjacent to an activating group) is 1. The molecule has 1 aromatic rings. The van der Waals surface area contributed by atoms with E-state index in [1.54, 1.807) is 20.2 Å². The summed E-state index contributed by atoms with van der Waals surface area (Å²) < 4.78 is 0. The second kappa shape index (κ2) is 9.49. The second-order valence-corrected chi connectivity index (χ2v) is 10.6. The third-order valence-corrected chi connectivity index (χ3v) is 7.78. The van der Waals surface area contributed by atoms with Crippen LogP contribution in [0.5, 0.6) is 5.75 Å². The first-order valence-corrected chi connectivity index (χ1v) is 12.5. The van der Waals surface area contributed by atoms with Gasteiger partial charge in [0.25, 0.3) is 5.91 Å². The van der Waals surface area contributed by atoms with E-state index in [4.69, 9.17) is 5.73 Å². The highest BCUT2D eigenvalue weighted by molar-refractivity contribution is 6.24. The highest BCUT2D eigenvalue weighted by Crippen LogP contribution is 2.54. The predicted molar refractivity (Wildman–Crippen MR) is 140 cm³/mol. The number of aromatic hydroxyl groups is 1. The van der Waals surface area contributed by atoms with Gasteiger partial charge in [-0.05, 0) is 50.9 Å². The van der Waals surface area contributed by atoms with Crippen LogP contribution in [0.3, 0.4) is 0 Å². The molecule has 0 saturated heterocycles. The van der Waals surface area contributed by atoms with Crippen molar-refractivity contribution in [2.45, 2.75) is 44.2 Å². The van der Waals surface area contributed by atoms with Gasteiger partial charge in [-0.25, -0.2) is 0 Å². The summed E-state index contributed by atoms with van der Waals surface area (Å²) in [6.07, 6.45) is 1.69. The number of phenols is 1. The number of benzene rings is 1. The number of unbranched alkanes of at least 4 members (excludes halogenated alkanes) is 1. The van der Waals surface area contributed by atoms with Gasteiger partial charge in [0.2, 0.25) is 5.78 Å². The molecule has 10 heteroatoms. The molecule has 1 fully saturated rings. The zero-order valence-electron chi connectivity index (χ0n) is 22.1. The molecule has 0 aromatic heterocycles. The summed E-state index contributed by atoms with van der Waals surface area (Å²) in [6.45, 7) is 1.98. The highest BCUT2D eigenvalue weighted by Gasteiger charge is 2.64. The van der Waals surface area contributed by atoms with Gasteiger partial charge in [0.05, 0.1) is 17.2 Å². The summed E-state index contributed by atoms with van der Waals surface area (Å²) in [5, 5.41) is 45.2. The first-order chi connectivity index (χ1) is 17.8. The molecule has 38 heavy (non-hydrogen) atoms. The van der Waals surface area contributed by atoms with Crippen molar-refractivity contribution in [3.8, 4) is 17.6 Å². The fourth-order valence-corrected chi connectivity index (χ4v) is 6.07. The second-order valence-electron chi connectivity index (χ2n) is 10.6. The van der Waals surface area contributed by atoms with Crippen molar-refractivity contribution in [3.05, 3.63) is 39.7 Å². The van der Waals surface area contributed by atoms with Gasteiger partial charge in [0, 0.05) is 37.7 Å². The summed E-state index contributed by atoms with van der Waals surface area (Å²) in [4.78, 5) is 42.5. The molecule has 0 bridgehead atoms. The molecule has 6 N–H and O–H groups in total. The van der Waals surface area contributed by atoms with Crippen molar-refractivity contribution in [2.75, 3.05) is 33.1 Å². The van der Waals surface area contributed by atoms with Crippen LogP contribution >= 0.6 is 0 Å². The molecule has 4 atom stereocenters. The molecule has 0 heterocycles. The van der Waals surface area contributed by atoms with Gasteiger partial charge in [-0.15, -0.1) is 0 Å². The number of nitrogens with two attached hydrogens (primary N) is 1. The van der Waals surface area contributed by atoms with Gasteiger partial charge >= 0.3 is 0 Å². The van der Waals surface area contributed by atoms with Crippen molar-refractivity contribution in [2.24, 2.45) is 17.6 Å². The van der Waals surface area contributed by atoms with E-state index >= 15 is 0 Å². The number of rotatable bonds is 4. The van der Waals surface area contributed by atoms with E-state index in [2.05, 4.69) is 11.8 Å². The minimum absolute atomic E-state index is 0.0355. The number of primary amides is 1. The van der Waals surface area contributed by atoms with E-state index in [-0.39, 0.29) is 35.3 Å². The number of aliphatic hydroxyl groups excluding tert-OH is 2. The Balaban J connectivity index is 1.99. The van der Waals surface area contributed by atoms with Gasteiger partial charge < -0.3 is 31.1 Å². The topological polar surface area (TPSA) is 165 Å². The van der Waals surface area contributed by atoms with Crippen LogP contribution in [0.25, 0.3) is 5.76 Å². The Morgan fingerprint density at radius 1 is 1.18 bits per heavy atom. The van der Waals surface area contributed by atoms with Gasteiger partial charge in [-0.2, -0.15) is 0 Å². The number of amides is 1. The van der Waals surface area contributed by atoms with Crippen LogP contribution in [0.1, 0.15) is 42.9 Å². The minimum Gasteiger partial charge on any atom is -0.508 e. The average Bonchev–Trinajstić information content (AvgIpc) is 2.82. The Kier molecular flexibility index (Phi) is 6.80. The molecule has 0 radical (unpaired) electrons. The summed E-state index contributed by atoms with van der Waals surface area (Å²) in [6, 6.07) is 0.613. The number of hydrogen-bond donors (Lipinski definition) is 5. The molecule has 1 saturated carbocycles. The van der Waals surface area contributed by atoms with E-state index in [9.17, 15) is 34.8 Å². The van der Waals surface area contributed by atoms with Gasteiger partial charge in [-0.3, -0.25) is 19.3 Å². The van der Waals surface area contributed by atoms with E-state index < -0.39 is 58.0 Å². The summed E-state index contributed by atoms with van der Waals surface area (Å²) in [5.41, 5.74) is 3.28. The number of fused-ring (bicyclic) bond motifs is 3. The number of hydrogen-bond acceptors (Lipinski definition) is 9. The van der Waals surface area contributed by atoms with Gasteiger partial charge in [-0.1, -0.05) is 18.8 Å². The lowest BCUT2D eigenvalue weighted by molar-refractivity contribution is -0.153. The lowest BCUT2D eigenvalue weighted by atomic mass is 9.57. The summed E-state index contributed by atoms with van der Waals surface area (Å²) in [7, 11) is 6.76. The maximum Gasteiger partial charge on any atom is 0.255 e. The zero-order valence-corrected chi connectivity index (χ0v) is 22.1. The molecular weight excluding hydrogens is 490 g/mol. The fraction of sp³-hybridized carbons (Fsp3) is 0.464. The van der Waals surface area contributed by atoms with Crippen LogP contribution in [-0.4, -0.2) is 82.6 Å². The zero-order chi connectivity index (χ0) is 28.3. The quantitative estimate of drug-likeness (QED) is 0.288. The Morgan fingerprint density at radius 2 is 1.84 bits per heavy atom. The molecule has 1 aromatic carbocycles. The minimum atomic E-state index is -2.66. The Hall–Kier alpha value is -3.81. The normalized spacial score (nSPS) is 26.4. The number of ketones is 2. The predicted octanol–water partition coefficient (Wildman–Crippen LogP) is 1.18. The molecule has 10 nitrogen and oxygen atoms in total. The number of nitrogens with zero attached hydrogens (tertiary/aromatic N) is 2. The van der Waals surface area contributed by atoms with E-state index in [0.717, 1.165) is 6.42 Å². The molecule has 3 aliphatic carbocycles. The van der Waals surface area contributed by atoms with Crippen molar-refractivity contribution >= 4 is 28.9 Å². The third kappa shape index (κ3) is 3.77. The van der Waals surface area contributed by atoms with E-state index in [0.29, 0.717) is 17.7 Å². The molecule has 202 valence electrons. The Labute approximate surface area is 221 Å². The highest BCUT2D eigenvalue weighted by atomic mass is 16.3. The molecule has 3 aliphatic rings. The van der Waals surface area contributed by atoms with Gasteiger partial charge in [0.1, 0.15) is 22.8 Å². The van der Waals surface area contributed by atoms with Crippen molar-refractivity contribution in [1.29, 1.82) is 0 Å². The van der Waals surface area contributed by atoms with Crippen molar-refractivity contribution in [3.63, 3.8) is 0 Å². The maximum absolute atomic E-state index is 14.0. The molecule has 1 amide bonds. The first kappa shape index (κ1) is 27.2. The SMILES string of the molecule is CCCC#Cc1cc(N(C)C)c2c(c1O)C(O)=C1C(=O)[C@]3(O)C(O)=C(C(N)=O)C(=O)[C@@H](N(C)C)[C@@H]3C[C@@H]1C2. The van der Waals surface area contributed by atoms with Crippen LogP contribution in [0, 0.1) is 23.7 Å². The van der Waals surface area contributed by atoms with E-state index in [1.807, 2.05) is 25.9 Å². The number of carbonyl (C=O) groups excluding carboxylic acids is 3. The van der Waals surface area contributed by atoms with Crippen molar-refractivity contribution < 1.29 is 34.8 Å². The first-order valence-electron chi connectivity index (χ1n) is 12.5. The smallest absolute Gasteiger partial charge is 0.255 e. The third-order valence-electron chi connectivity index (χ3n) is 7.78. The Bertz CT molecular complexity index is 1380. The lowest BCUT2D eigenvalue weighted by Gasteiger charge is -2.50. The average molecular weight is 524 g/mol. The molecule has 0 unspecified atom stereocenters. The standard InChI is InChI=1S/C28H33N3O7/c1-6-7-8-9-13-12-17(30(2)3)15-10-14-11-16-21(31(4)5)24(34)20(27(29)37)26(36)28(16,38)25(35)18(14)23(33)19(15)22(13)32/h12,14,16,21,32-33,36,38H,6-7,10-11H2,1-5H3,(H2,29,37)/t14-,16-,21-,28-/m0/s1. The van der Waals surface area contributed by atoms with Crippen LogP contribution < -0.4 is 10.6 Å².